The fourth-order valence-electron chi connectivity index (χ4n) is 3.94. The number of carbonyl (C=O) groups is 2. The number of hydrogen-bond donors (Lipinski definition) is 1. The summed E-state index contributed by atoms with van der Waals surface area (Å²) in [4.78, 5) is 28.1. The molecule has 3 rings (SSSR count). The Morgan fingerprint density at radius 2 is 1.63 bits per heavy atom. The molecule has 2 amide bonds. The summed E-state index contributed by atoms with van der Waals surface area (Å²) < 4.78 is 29.7. The molecule has 0 aliphatic heterocycles. The topological polar surface area (TPSA) is 86.8 Å². The van der Waals surface area contributed by atoms with Gasteiger partial charge < -0.3 is 10.2 Å². The van der Waals surface area contributed by atoms with Crippen molar-refractivity contribution in [2.24, 2.45) is 0 Å². The molecule has 1 atom stereocenters. The van der Waals surface area contributed by atoms with Crippen molar-refractivity contribution in [1.82, 2.24) is 10.2 Å². The molecule has 0 saturated heterocycles. The van der Waals surface area contributed by atoms with Crippen LogP contribution in [-0.4, -0.2) is 44.3 Å². The Bertz CT molecular complexity index is 1400. The van der Waals surface area contributed by atoms with Crippen LogP contribution in [0.2, 0.25) is 5.02 Å². The maximum absolute atomic E-state index is 13.9. The van der Waals surface area contributed by atoms with E-state index in [-0.39, 0.29) is 17.3 Å². The Balaban J connectivity index is 2.06. The molecule has 0 aliphatic carbocycles. The van der Waals surface area contributed by atoms with E-state index in [0.29, 0.717) is 22.8 Å². The van der Waals surface area contributed by atoms with Crippen LogP contribution in [0.4, 0.5) is 5.69 Å². The van der Waals surface area contributed by atoms with Gasteiger partial charge in [-0.25, -0.2) is 8.42 Å². The second-order valence-electron chi connectivity index (χ2n) is 8.97. The van der Waals surface area contributed by atoms with E-state index >= 15 is 0 Å². The van der Waals surface area contributed by atoms with Crippen molar-refractivity contribution in [3.05, 3.63) is 92.9 Å². The highest BCUT2D eigenvalue weighted by molar-refractivity contribution is 9.10. The van der Waals surface area contributed by atoms with Gasteiger partial charge in [-0.05, 0) is 81.3 Å². The lowest BCUT2D eigenvalue weighted by atomic mass is 10.1. The van der Waals surface area contributed by atoms with Crippen LogP contribution >= 0.6 is 27.5 Å². The van der Waals surface area contributed by atoms with Gasteiger partial charge in [0.05, 0.1) is 10.6 Å². The van der Waals surface area contributed by atoms with Crippen molar-refractivity contribution in [2.45, 2.75) is 45.2 Å². The molecule has 0 spiro atoms. The Morgan fingerprint density at radius 1 is 1.00 bits per heavy atom. The van der Waals surface area contributed by atoms with Gasteiger partial charge in [-0.3, -0.25) is 13.9 Å². The molecule has 3 aromatic carbocycles. The lowest BCUT2D eigenvalue weighted by Crippen LogP contribution is -2.51. The molecular formula is C28H31BrClN3O4S. The summed E-state index contributed by atoms with van der Waals surface area (Å²) >= 11 is 9.55. The van der Waals surface area contributed by atoms with E-state index in [2.05, 4.69) is 21.2 Å². The molecule has 38 heavy (non-hydrogen) atoms. The molecular weight excluding hydrogens is 590 g/mol. The number of hydrogen-bond acceptors (Lipinski definition) is 4. The predicted molar refractivity (Wildman–Crippen MR) is 155 cm³/mol. The molecule has 3 aromatic rings. The first kappa shape index (κ1) is 29.7. The van der Waals surface area contributed by atoms with Crippen LogP contribution in [0.25, 0.3) is 0 Å². The van der Waals surface area contributed by atoms with Gasteiger partial charge in [0.2, 0.25) is 11.8 Å². The van der Waals surface area contributed by atoms with Crippen molar-refractivity contribution in [2.75, 3.05) is 17.4 Å². The highest BCUT2D eigenvalue weighted by Gasteiger charge is 2.33. The zero-order valence-electron chi connectivity index (χ0n) is 21.7. The maximum Gasteiger partial charge on any atom is 0.264 e. The van der Waals surface area contributed by atoms with E-state index < -0.39 is 28.5 Å². The number of carbonyl (C=O) groups excluding carboxylic acids is 2. The molecule has 0 heterocycles. The van der Waals surface area contributed by atoms with Gasteiger partial charge in [0, 0.05) is 22.6 Å². The van der Waals surface area contributed by atoms with E-state index in [1.807, 2.05) is 31.2 Å². The van der Waals surface area contributed by atoms with E-state index in [0.717, 1.165) is 19.9 Å². The summed E-state index contributed by atoms with van der Waals surface area (Å²) in [7, 11) is -4.13. The maximum atomic E-state index is 13.9. The van der Waals surface area contributed by atoms with Crippen LogP contribution in [0, 0.1) is 13.8 Å². The minimum Gasteiger partial charge on any atom is -0.355 e. The van der Waals surface area contributed by atoms with Gasteiger partial charge in [-0.15, -0.1) is 0 Å². The van der Waals surface area contributed by atoms with Gasteiger partial charge in [0.15, 0.2) is 0 Å². The number of nitrogens with one attached hydrogen (secondary N) is 1. The van der Waals surface area contributed by atoms with Crippen LogP contribution in [0.15, 0.2) is 76.1 Å². The first-order chi connectivity index (χ1) is 17.9. The van der Waals surface area contributed by atoms with Crippen molar-refractivity contribution < 1.29 is 18.0 Å². The number of rotatable bonds is 10. The molecule has 10 heteroatoms. The molecule has 0 bridgehead atoms. The summed E-state index contributed by atoms with van der Waals surface area (Å²) in [5.74, 6) is -0.842. The van der Waals surface area contributed by atoms with E-state index in [1.165, 1.54) is 17.0 Å². The number of sulfonamides is 1. The smallest absolute Gasteiger partial charge is 0.264 e. The van der Waals surface area contributed by atoms with Gasteiger partial charge >= 0.3 is 0 Å². The molecule has 202 valence electrons. The molecule has 7 nitrogen and oxygen atoms in total. The van der Waals surface area contributed by atoms with Crippen LogP contribution < -0.4 is 9.62 Å². The van der Waals surface area contributed by atoms with E-state index in [4.69, 9.17) is 11.6 Å². The van der Waals surface area contributed by atoms with Crippen LogP contribution in [-0.2, 0) is 26.2 Å². The SMILES string of the molecule is CCNC(=O)[C@@H](C)N(Cc1ccc(Br)cc1)C(=O)CN(c1ccc(Cl)cc1C)S(=O)(=O)c1ccc(C)cc1. The lowest BCUT2D eigenvalue weighted by molar-refractivity contribution is -0.139. The van der Waals surface area contributed by atoms with Crippen LogP contribution in [0.3, 0.4) is 0 Å². The quantitative estimate of drug-likeness (QED) is 0.326. The van der Waals surface area contributed by atoms with Crippen LogP contribution in [0.1, 0.15) is 30.5 Å². The number of halogens is 2. The van der Waals surface area contributed by atoms with E-state index in [9.17, 15) is 18.0 Å². The van der Waals surface area contributed by atoms with Crippen molar-refractivity contribution >= 4 is 55.1 Å². The average Bonchev–Trinajstić information content (AvgIpc) is 2.87. The molecule has 0 unspecified atom stereocenters. The standard InChI is InChI=1S/C28H31BrClN3O4S/c1-5-31-28(35)21(4)32(17-22-8-10-23(29)11-9-22)27(34)18-33(26-15-12-24(30)16-20(26)3)38(36,37)25-13-6-19(2)7-14-25/h6-16,21H,5,17-18H2,1-4H3,(H,31,35)/t21-/m1/s1. The molecule has 0 aliphatic rings. The van der Waals surface area contributed by atoms with Crippen molar-refractivity contribution in [3.63, 3.8) is 0 Å². The summed E-state index contributed by atoms with van der Waals surface area (Å²) in [5.41, 5.74) is 2.63. The Morgan fingerprint density at radius 3 is 2.21 bits per heavy atom. The zero-order valence-corrected chi connectivity index (χ0v) is 24.9. The summed E-state index contributed by atoms with van der Waals surface area (Å²) in [6.07, 6.45) is 0. The first-order valence-corrected chi connectivity index (χ1v) is 14.7. The second-order valence-corrected chi connectivity index (χ2v) is 12.2. The third kappa shape index (κ3) is 7.15. The molecule has 0 saturated carbocycles. The monoisotopic (exact) mass is 619 g/mol. The largest absolute Gasteiger partial charge is 0.355 e. The minimum atomic E-state index is -4.13. The number of anilines is 1. The van der Waals surface area contributed by atoms with Gasteiger partial charge in [-0.1, -0.05) is 57.4 Å². The van der Waals surface area contributed by atoms with Gasteiger partial charge in [0.1, 0.15) is 12.6 Å². The van der Waals surface area contributed by atoms with Crippen molar-refractivity contribution in [3.8, 4) is 0 Å². The number of benzene rings is 3. The number of nitrogens with zero attached hydrogens (tertiary/aromatic N) is 2. The fraction of sp³-hybridized carbons (Fsp3) is 0.286. The lowest BCUT2D eigenvalue weighted by Gasteiger charge is -2.32. The molecule has 1 N–H and O–H groups in total. The minimum absolute atomic E-state index is 0.0569. The number of likely N-dealkylation sites (N-methyl/N-ethyl adjacent to an activating group) is 1. The summed E-state index contributed by atoms with van der Waals surface area (Å²) in [6.45, 7) is 7.06. The number of amides is 2. The number of aryl methyl sites for hydroxylation is 2. The highest BCUT2D eigenvalue weighted by Crippen LogP contribution is 2.29. The molecule has 0 aromatic heterocycles. The Kier molecular flexibility index (Phi) is 9.98. The summed E-state index contributed by atoms with van der Waals surface area (Å²) in [5, 5.41) is 3.20. The average molecular weight is 621 g/mol. The second kappa shape index (κ2) is 12.8. The highest BCUT2D eigenvalue weighted by atomic mass is 79.9. The fourth-order valence-corrected chi connectivity index (χ4v) is 5.91. The van der Waals surface area contributed by atoms with Crippen molar-refractivity contribution in [1.29, 1.82) is 0 Å². The normalized spacial score (nSPS) is 12.1. The Hall–Kier alpha value is -2.88. The third-order valence-corrected chi connectivity index (χ3v) is 8.64. The Labute approximate surface area is 238 Å². The molecule has 0 fully saturated rings. The van der Waals surface area contributed by atoms with Crippen LogP contribution in [0.5, 0.6) is 0 Å². The van der Waals surface area contributed by atoms with E-state index in [1.54, 1.807) is 51.1 Å². The zero-order chi connectivity index (χ0) is 28.0. The van der Waals surface area contributed by atoms with Gasteiger partial charge in [0.25, 0.3) is 10.0 Å². The third-order valence-electron chi connectivity index (χ3n) is 6.10. The first-order valence-electron chi connectivity index (χ1n) is 12.1. The predicted octanol–water partition coefficient (Wildman–Crippen LogP) is 5.47. The summed E-state index contributed by atoms with van der Waals surface area (Å²) in [6, 6.07) is 17.8. The molecule has 0 radical (unpaired) electrons. The van der Waals surface area contributed by atoms with Gasteiger partial charge in [-0.2, -0.15) is 0 Å².